The van der Waals surface area contributed by atoms with E-state index in [2.05, 4.69) is 0 Å². The maximum atomic E-state index is 12.2. The smallest absolute Gasteiger partial charge is 0.248 e. The Labute approximate surface area is 134 Å². The lowest BCUT2D eigenvalue weighted by Crippen LogP contribution is -2.14. The molecule has 1 heterocycles. The van der Waals surface area contributed by atoms with E-state index in [0.717, 1.165) is 5.56 Å². The number of nitrogens with two attached hydrogens (primary N) is 1. The minimum Gasteiger partial charge on any atom is -0.366 e. The fraction of sp³-hybridized carbons (Fsp3) is 0.118. The van der Waals surface area contributed by atoms with Crippen molar-refractivity contribution in [3.8, 4) is 0 Å². The largest absolute Gasteiger partial charge is 0.366 e. The zero-order valence-corrected chi connectivity index (χ0v) is 13.4. The summed E-state index contributed by atoms with van der Waals surface area (Å²) in [6.45, 7) is 0. The standard InChI is InChI=1S/C17H16N2O3S/c1-23(21,22)19-15(9-12-5-3-2-4-6-12)11-14-10-13(17(18)20)7-8-16(14)19/h2-8,10-11H,9H2,1H3,(H2,18,20). The lowest BCUT2D eigenvalue weighted by Gasteiger charge is -2.08. The number of carbonyl (C=O) groups is 1. The van der Waals surface area contributed by atoms with Crippen LogP contribution in [0.5, 0.6) is 0 Å². The molecular weight excluding hydrogens is 312 g/mol. The SMILES string of the molecule is CS(=O)(=O)n1c(Cc2ccccc2)cc2cc(C(N)=O)ccc21. The van der Waals surface area contributed by atoms with Gasteiger partial charge in [0, 0.05) is 23.1 Å². The predicted molar refractivity (Wildman–Crippen MR) is 89.9 cm³/mol. The van der Waals surface area contributed by atoms with E-state index in [1.165, 1.54) is 10.2 Å². The minimum absolute atomic E-state index is 0.356. The summed E-state index contributed by atoms with van der Waals surface area (Å²) in [6, 6.07) is 16.2. The molecule has 3 rings (SSSR count). The molecule has 0 saturated heterocycles. The highest BCUT2D eigenvalue weighted by molar-refractivity contribution is 7.89. The van der Waals surface area contributed by atoms with Gasteiger partial charge in [0.25, 0.3) is 0 Å². The molecule has 0 atom stereocenters. The molecule has 1 amide bonds. The molecule has 0 radical (unpaired) electrons. The van der Waals surface area contributed by atoms with Crippen LogP contribution >= 0.6 is 0 Å². The van der Waals surface area contributed by atoms with Crippen LogP contribution in [0.25, 0.3) is 10.9 Å². The van der Waals surface area contributed by atoms with E-state index in [1.54, 1.807) is 24.3 Å². The van der Waals surface area contributed by atoms with Crippen molar-refractivity contribution in [2.45, 2.75) is 6.42 Å². The molecule has 0 spiro atoms. The molecule has 0 fully saturated rings. The molecule has 118 valence electrons. The van der Waals surface area contributed by atoms with Gasteiger partial charge in [-0.15, -0.1) is 0 Å². The van der Waals surface area contributed by atoms with E-state index >= 15 is 0 Å². The highest BCUT2D eigenvalue weighted by Crippen LogP contribution is 2.25. The molecule has 2 N–H and O–H groups in total. The molecule has 0 aliphatic heterocycles. The normalized spacial score (nSPS) is 11.7. The number of nitrogens with zero attached hydrogens (tertiary/aromatic N) is 1. The molecule has 0 unspecified atom stereocenters. The van der Waals surface area contributed by atoms with E-state index in [1.807, 2.05) is 30.3 Å². The van der Waals surface area contributed by atoms with Gasteiger partial charge in [-0.3, -0.25) is 4.79 Å². The topological polar surface area (TPSA) is 82.2 Å². The van der Waals surface area contributed by atoms with Crippen molar-refractivity contribution in [2.75, 3.05) is 6.26 Å². The van der Waals surface area contributed by atoms with Crippen molar-refractivity contribution in [1.82, 2.24) is 3.97 Å². The maximum absolute atomic E-state index is 12.2. The Morgan fingerprint density at radius 3 is 2.39 bits per heavy atom. The second-order valence-electron chi connectivity index (χ2n) is 5.46. The van der Waals surface area contributed by atoms with E-state index < -0.39 is 15.9 Å². The van der Waals surface area contributed by atoms with Crippen LogP contribution in [0, 0.1) is 0 Å². The summed E-state index contributed by atoms with van der Waals surface area (Å²) in [5.74, 6) is -0.538. The van der Waals surface area contributed by atoms with Crippen LogP contribution in [0.4, 0.5) is 0 Å². The van der Waals surface area contributed by atoms with Crippen LogP contribution in [0.3, 0.4) is 0 Å². The van der Waals surface area contributed by atoms with Crippen molar-refractivity contribution < 1.29 is 13.2 Å². The molecular formula is C17H16N2O3S. The molecule has 0 aliphatic carbocycles. The number of carbonyl (C=O) groups excluding carboxylic acids is 1. The van der Waals surface area contributed by atoms with Gasteiger partial charge in [0.15, 0.2) is 0 Å². The van der Waals surface area contributed by atoms with Gasteiger partial charge in [-0.2, -0.15) is 0 Å². The van der Waals surface area contributed by atoms with Crippen LogP contribution in [-0.2, 0) is 16.4 Å². The summed E-state index contributed by atoms with van der Waals surface area (Å²) >= 11 is 0. The molecule has 23 heavy (non-hydrogen) atoms. The summed E-state index contributed by atoms with van der Waals surface area (Å²) in [4.78, 5) is 11.3. The van der Waals surface area contributed by atoms with Crippen LogP contribution < -0.4 is 5.73 Å². The number of hydrogen-bond donors (Lipinski definition) is 1. The molecule has 6 heteroatoms. The van der Waals surface area contributed by atoms with E-state index in [4.69, 9.17) is 5.73 Å². The minimum atomic E-state index is -3.47. The van der Waals surface area contributed by atoms with Gasteiger partial charge in [-0.05, 0) is 29.8 Å². The summed E-state index contributed by atoms with van der Waals surface area (Å²) in [6.07, 6.45) is 1.65. The summed E-state index contributed by atoms with van der Waals surface area (Å²) in [5.41, 5.74) is 7.85. The number of aromatic nitrogens is 1. The van der Waals surface area contributed by atoms with Gasteiger partial charge < -0.3 is 5.73 Å². The number of amides is 1. The zero-order valence-electron chi connectivity index (χ0n) is 12.6. The molecule has 3 aromatic rings. The van der Waals surface area contributed by atoms with Crippen molar-refractivity contribution in [3.05, 3.63) is 71.4 Å². The number of fused-ring (bicyclic) bond motifs is 1. The fourth-order valence-corrected chi connectivity index (χ4v) is 3.79. The third-order valence-corrected chi connectivity index (χ3v) is 4.77. The van der Waals surface area contributed by atoms with Crippen LogP contribution in [0.1, 0.15) is 21.6 Å². The third-order valence-electron chi connectivity index (χ3n) is 3.67. The Morgan fingerprint density at radius 2 is 1.78 bits per heavy atom. The Hall–Kier alpha value is -2.60. The number of primary amides is 1. The van der Waals surface area contributed by atoms with Gasteiger partial charge >= 0.3 is 0 Å². The average molecular weight is 328 g/mol. The average Bonchev–Trinajstić information content (AvgIpc) is 2.84. The molecule has 0 aliphatic rings. The van der Waals surface area contributed by atoms with Gasteiger partial charge in [-0.1, -0.05) is 30.3 Å². The summed E-state index contributed by atoms with van der Waals surface area (Å²) < 4.78 is 25.7. The number of rotatable bonds is 4. The third kappa shape index (κ3) is 2.98. The molecule has 1 aromatic heterocycles. The second-order valence-corrected chi connectivity index (χ2v) is 7.29. The van der Waals surface area contributed by atoms with Gasteiger partial charge in [0.2, 0.25) is 15.9 Å². The van der Waals surface area contributed by atoms with Gasteiger partial charge in [-0.25, -0.2) is 12.4 Å². The Morgan fingerprint density at radius 1 is 1.09 bits per heavy atom. The molecule has 0 bridgehead atoms. The fourth-order valence-electron chi connectivity index (χ4n) is 2.72. The number of benzene rings is 2. The van der Waals surface area contributed by atoms with Crippen LogP contribution in [-0.4, -0.2) is 24.6 Å². The first-order valence-electron chi connectivity index (χ1n) is 7.05. The zero-order chi connectivity index (χ0) is 16.6. The lowest BCUT2D eigenvalue weighted by atomic mass is 10.1. The first-order chi connectivity index (χ1) is 10.9. The van der Waals surface area contributed by atoms with E-state index in [9.17, 15) is 13.2 Å². The first-order valence-corrected chi connectivity index (χ1v) is 8.90. The van der Waals surface area contributed by atoms with Crippen molar-refractivity contribution >= 4 is 26.8 Å². The van der Waals surface area contributed by atoms with Crippen LogP contribution in [0.15, 0.2) is 54.6 Å². The Balaban J connectivity index is 2.21. The molecule has 2 aromatic carbocycles. The van der Waals surface area contributed by atoms with E-state index in [0.29, 0.717) is 28.6 Å². The Kier molecular flexibility index (Phi) is 3.69. The monoisotopic (exact) mass is 328 g/mol. The van der Waals surface area contributed by atoms with Gasteiger partial charge in [0.1, 0.15) is 0 Å². The highest BCUT2D eigenvalue weighted by atomic mass is 32.2. The van der Waals surface area contributed by atoms with Gasteiger partial charge in [0.05, 0.1) is 11.8 Å². The summed E-state index contributed by atoms with van der Waals surface area (Å²) in [7, 11) is -3.47. The number of hydrogen-bond acceptors (Lipinski definition) is 3. The highest BCUT2D eigenvalue weighted by Gasteiger charge is 2.17. The molecule has 0 saturated carbocycles. The quantitative estimate of drug-likeness (QED) is 0.796. The maximum Gasteiger partial charge on any atom is 0.248 e. The lowest BCUT2D eigenvalue weighted by molar-refractivity contribution is 0.100. The molecule has 5 nitrogen and oxygen atoms in total. The Bertz CT molecular complexity index is 989. The predicted octanol–water partition coefficient (Wildman–Crippen LogP) is 2.14. The second kappa shape index (κ2) is 5.55. The summed E-state index contributed by atoms with van der Waals surface area (Å²) in [5, 5.41) is 0.678. The van der Waals surface area contributed by atoms with Crippen molar-refractivity contribution in [3.63, 3.8) is 0 Å². The van der Waals surface area contributed by atoms with E-state index in [-0.39, 0.29) is 0 Å². The first kappa shape index (κ1) is 15.3. The van der Waals surface area contributed by atoms with Crippen molar-refractivity contribution in [2.24, 2.45) is 5.73 Å². The van der Waals surface area contributed by atoms with Crippen LogP contribution in [0.2, 0.25) is 0 Å². The van der Waals surface area contributed by atoms with Crippen molar-refractivity contribution in [1.29, 1.82) is 0 Å².